The van der Waals surface area contributed by atoms with Crippen molar-refractivity contribution >= 4 is 47.7 Å². The van der Waals surface area contributed by atoms with Crippen molar-refractivity contribution in [3.63, 3.8) is 0 Å². The smallest absolute Gasteiger partial charge is 0.266 e. The van der Waals surface area contributed by atoms with Gasteiger partial charge in [-0.05, 0) is 47.6 Å². The van der Waals surface area contributed by atoms with Crippen LogP contribution in [0.3, 0.4) is 0 Å². The Kier molecular flexibility index (Phi) is 3.77. The molecule has 0 spiro atoms. The number of hydrogen-bond donors (Lipinski definition) is 1. The van der Waals surface area contributed by atoms with Crippen molar-refractivity contribution in [1.29, 1.82) is 0 Å². The normalized spacial score (nSPS) is 11.9. The number of ether oxygens (including phenoxy) is 1. The van der Waals surface area contributed by atoms with E-state index in [1.165, 1.54) is 17.4 Å². The molecular weight excluding hydrogens is 364 g/mol. The average molecular weight is 376 g/mol. The minimum atomic E-state index is -3.87. The quantitative estimate of drug-likeness (QED) is 0.570. The van der Waals surface area contributed by atoms with Gasteiger partial charge in [-0.25, -0.2) is 18.0 Å². The molecule has 0 saturated heterocycles. The maximum absolute atomic E-state index is 12.7. The fraction of sp³-hybridized carbons (Fsp3) is 0.133. The predicted molar refractivity (Wildman–Crippen MR) is 93.4 cm³/mol. The maximum Gasteiger partial charge on any atom is 0.266 e. The lowest BCUT2D eigenvalue weighted by Gasteiger charge is -2.04. The predicted octanol–water partition coefficient (Wildman–Crippen LogP) is 3.03. The molecular formula is C15H12N4O4S2. The third kappa shape index (κ3) is 2.89. The standard InChI is InChI=1S/C15H12N4O4S2/c1-2-22-9-6-7-10-12(8-9)24-15(16-10)19-25(20,21)13-5-3-4-11-14(13)18-23-17-11/h3-8H,2H2,1H3,(H,16,19). The molecule has 8 nitrogen and oxygen atoms in total. The fourth-order valence-electron chi connectivity index (χ4n) is 2.37. The zero-order chi connectivity index (χ0) is 17.4. The number of anilines is 1. The Balaban J connectivity index is 1.71. The van der Waals surface area contributed by atoms with Crippen molar-refractivity contribution < 1.29 is 17.8 Å². The number of fused-ring (bicyclic) bond motifs is 2. The van der Waals surface area contributed by atoms with E-state index in [1.54, 1.807) is 24.3 Å². The highest BCUT2D eigenvalue weighted by Gasteiger charge is 2.22. The van der Waals surface area contributed by atoms with Gasteiger partial charge >= 0.3 is 0 Å². The zero-order valence-electron chi connectivity index (χ0n) is 13.0. The van der Waals surface area contributed by atoms with E-state index in [1.807, 2.05) is 13.0 Å². The summed E-state index contributed by atoms with van der Waals surface area (Å²) in [6.45, 7) is 2.45. The molecule has 2 aromatic carbocycles. The molecule has 2 heterocycles. The first kappa shape index (κ1) is 15.8. The first-order valence-electron chi connectivity index (χ1n) is 7.34. The Morgan fingerprint density at radius 2 is 2.08 bits per heavy atom. The van der Waals surface area contributed by atoms with E-state index in [2.05, 4.69) is 24.6 Å². The van der Waals surface area contributed by atoms with Gasteiger partial charge in [-0.2, -0.15) is 0 Å². The zero-order valence-corrected chi connectivity index (χ0v) is 14.6. The van der Waals surface area contributed by atoms with Crippen LogP contribution in [0.15, 0.2) is 45.9 Å². The Hall–Kier alpha value is -2.72. The summed E-state index contributed by atoms with van der Waals surface area (Å²) in [6, 6.07) is 10.1. The van der Waals surface area contributed by atoms with Crippen LogP contribution in [0.4, 0.5) is 5.13 Å². The van der Waals surface area contributed by atoms with Gasteiger partial charge in [-0.3, -0.25) is 4.72 Å². The summed E-state index contributed by atoms with van der Waals surface area (Å²) in [5.41, 5.74) is 1.23. The van der Waals surface area contributed by atoms with E-state index in [9.17, 15) is 8.42 Å². The lowest BCUT2D eigenvalue weighted by atomic mass is 10.3. The molecule has 1 N–H and O–H groups in total. The topological polar surface area (TPSA) is 107 Å². The summed E-state index contributed by atoms with van der Waals surface area (Å²) in [5, 5.41) is 7.58. The van der Waals surface area contributed by atoms with Crippen LogP contribution in [-0.2, 0) is 10.0 Å². The highest BCUT2D eigenvalue weighted by atomic mass is 32.2. The van der Waals surface area contributed by atoms with Crippen LogP contribution < -0.4 is 9.46 Å². The van der Waals surface area contributed by atoms with E-state index >= 15 is 0 Å². The van der Waals surface area contributed by atoms with Gasteiger partial charge in [0.15, 0.2) is 10.6 Å². The van der Waals surface area contributed by atoms with Gasteiger partial charge in [-0.1, -0.05) is 17.4 Å². The minimum absolute atomic E-state index is 0.0134. The average Bonchev–Trinajstić information content (AvgIpc) is 3.19. The Morgan fingerprint density at radius 3 is 2.92 bits per heavy atom. The highest BCUT2D eigenvalue weighted by molar-refractivity contribution is 7.93. The van der Waals surface area contributed by atoms with Crippen molar-refractivity contribution in [3.05, 3.63) is 36.4 Å². The van der Waals surface area contributed by atoms with Gasteiger partial charge in [0.05, 0.1) is 16.8 Å². The van der Waals surface area contributed by atoms with Crippen LogP contribution in [0.2, 0.25) is 0 Å². The lowest BCUT2D eigenvalue weighted by molar-refractivity contribution is 0.315. The molecule has 0 fully saturated rings. The second kappa shape index (κ2) is 5.97. The molecule has 128 valence electrons. The number of nitrogens with one attached hydrogen (secondary N) is 1. The number of rotatable bonds is 5. The third-order valence-electron chi connectivity index (χ3n) is 3.43. The largest absolute Gasteiger partial charge is 0.494 e. The van der Waals surface area contributed by atoms with E-state index in [-0.39, 0.29) is 15.5 Å². The molecule has 0 amide bonds. The summed E-state index contributed by atoms with van der Waals surface area (Å²) in [5.74, 6) is 0.714. The van der Waals surface area contributed by atoms with E-state index in [0.717, 1.165) is 4.70 Å². The van der Waals surface area contributed by atoms with E-state index in [0.29, 0.717) is 23.4 Å². The minimum Gasteiger partial charge on any atom is -0.494 e. The Morgan fingerprint density at radius 1 is 1.20 bits per heavy atom. The molecule has 0 aliphatic heterocycles. The van der Waals surface area contributed by atoms with Crippen molar-refractivity contribution in [1.82, 2.24) is 15.3 Å². The Labute approximate surface area is 146 Å². The molecule has 0 saturated carbocycles. The third-order valence-corrected chi connectivity index (χ3v) is 5.86. The second-order valence-corrected chi connectivity index (χ2v) is 7.76. The Bertz CT molecular complexity index is 1170. The van der Waals surface area contributed by atoms with Crippen molar-refractivity contribution in [2.45, 2.75) is 11.8 Å². The van der Waals surface area contributed by atoms with Crippen molar-refractivity contribution in [2.75, 3.05) is 11.3 Å². The summed E-state index contributed by atoms with van der Waals surface area (Å²) >= 11 is 1.23. The molecule has 25 heavy (non-hydrogen) atoms. The number of sulfonamides is 1. The number of benzene rings is 2. The van der Waals surface area contributed by atoms with Crippen LogP contribution in [0.5, 0.6) is 5.75 Å². The number of hydrogen-bond acceptors (Lipinski definition) is 8. The maximum atomic E-state index is 12.7. The fourth-order valence-corrected chi connectivity index (χ4v) is 4.65. The first-order valence-corrected chi connectivity index (χ1v) is 9.64. The van der Waals surface area contributed by atoms with Crippen molar-refractivity contribution in [3.8, 4) is 5.75 Å². The molecule has 0 bridgehead atoms. The SMILES string of the molecule is CCOc1ccc2nc(NS(=O)(=O)c3cccc4nonc34)sc2c1. The summed E-state index contributed by atoms with van der Waals surface area (Å²) in [6.07, 6.45) is 0. The van der Waals surface area contributed by atoms with Crippen LogP contribution >= 0.6 is 11.3 Å². The molecule has 4 aromatic rings. The van der Waals surface area contributed by atoms with Gasteiger partial charge in [0.25, 0.3) is 10.0 Å². The highest BCUT2D eigenvalue weighted by Crippen LogP contribution is 2.31. The van der Waals surface area contributed by atoms with Gasteiger partial charge in [0.1, 0.15) is 16.2 Å². The number of nitrogens with zero attached hydrogens (tertiary/aromatic N) is 3. The van der Waals surface area contributed by atoms with Crippen molar-refractivity contribution in [2.24, 2.45) is 0 Å². The number of aromatic nitrogens is 3. The molecule has 0 atom stereocenters. The molecule has 0 radical (unpaired) electrons. The molecule has 0 aliphatic carbocycles. The second-order valence-electron chi connectivity index (χ2n) is 5.08. The van der Waals surface area contributed by atoms with Crippen LogP contribution in [0, 0.1) is 0 Å². The van der Waals surface area contributed by atoms with Gasteiger partial charge in [0.2, 0.25) is 0 Å². The van der Waals surface area contributed by atoms with Gasteiger partial charge in [0, 0.05) is 0 Å². The summed E-state index contributed by atoms with van der Waals surface area (Å²) in [7, 11) is -3.87. The van der Waals surface area contributed by atoms with E-state index in [4.69, 9.17) is 4.74 Å². The van der Waals surface area contributed by atoms with Crippen LogP contribution in [0.1, 0.15) is 6.92 Å². The molecule has 0 unspecified atom stereocenters. The molecule has 4 rings (SSSR count). The summed E-state index contributed by atoms with van der Waals surface area (Å²) < 4.78 is 38.7. The molecule has 2 aromatic heterocycles. The van der Waals surface area contributed by atoms with Crippen LogP contribution in [-0.4, -0.2) is 30.3 Å². The monoisotopic (exact) mass is 376 g/mol. The van der Waals surface area contributed by atoms with Gasteiger partial charge in [-0.15, -0.1) is 0 Å². The summed E-state index contributed by atoms with van der Waals surface area (Å²) in [4.78, 5) is 4.29. The molecule has 0 aliphatic rings. The lowest BCUT2D eigenvalue weighted by Crippen LogP contribution is -2.13. The van der Waals surface area contributed by atoms with Crippen LogP contribution in [0.25, 0.3) is 21.3 Å². The van der Waals surface area contributed by atoms with Gasteiger partial charge < -0.3 is 4.74 Å². The van der Waals surface area contributed by atoms with E-state index < -0.39 is 10.0 Å². The molecule has 10 heteroatoms. The number of thiazole rings is 1. The first-order chi connectivity index (χ1) is 12.1.